The average Bonchev–Trinajstić information content (AvgIpc) is 2.98. The second kappa shape index (κ2) is 5.31. The van der Waals surface area contributed by atoms with E-state index in [2.05, 4.69) is 23.3 Å². The first-order valence-corrected chi connectivity index (χ1v) is 6.70. The van der Waals surface area contributed by atoms with Gasteiger partial charge in [0.25, 0.3) is 0 Å². The predicted molar refractivity (Wildman–Crippen MR) is 81.6 cm³/mol. The van der Waals surface area contributed by atoms with Gasteiger partial charge in [-0.25, -0.2) is 4.68 Å². The molecule has 0 saturated carbocycles. The van der Waals surface area contributed by atoms with Gasteiger partial charge in [-0.1, -0.05) is 42.5 Å². The van der Waals surface area contributed by atoms with Gasteiger partial charge in [0.15, 0.2) is 0 Å². The van der Waals surface area contributed by atoms with Gasteiger partial charge in [0.05, 0.1) is 11.9 Å². The Bertz CT molecular complexity index is 699. The van der Waals surface area contributed by atoms with Crippen molar-refractivity contribution in [2.24, 2.45) is 5.73 Å². The highest BCUT2D eigenvalue weighted by Crippen LogP contribution is 2.20. The minimum Gasteiger partial charge on any atom is -0.324 e. The van der Waals surface area contributed by atoms with Gasteiger partial charge in [0.2, 0.25) is 0 Å². The summed E-state index contributed by atoms with van der Waals surface area (Å²) in [5.74, 6) is 0. The topological polar surface area (TPSA) is 43.8 Å². The van der Waals surface area contributed by atoms with E-state index in [1.54, 1.807) is 0 Å². The van der Waals surface area contributed by atoms with Crippen molar-refractivity contribution >= 4 is 0 Å². The molecule has 2 N–H and O–H groups in total. The number of benzene rings is 2. The normalized spacial score (nSPS) is 12.3. The number of hydrogen-bond donors (Lipinski definition) is 1. The largest absolute Gasteiger partial charge is 0.324 e. The molecule has 1 unspecified atom stereocenters. The van der Waals surface area contributed by atoms with Gasteiger partial charge < -0.3 is 5.73 Å². The molecule has 0 saturated heterocycles. The van der Waals surface area contributed by atoms with Crippen LogP contribution in [0.4, 0.5) is 0 Å². The summed E-state index contributed by atoms with van der Waals surface area (Å²) in [6, 6.07) is 18.4. The Morgan fingerprint density at radius 2 is 1.80 bits per heavy atom. The van der Waals surface area contributed by atoms with E-state index in [9.17, 15) is 0 Å². The lowest BCUT2D eigenvalue weighted by Gasteiger charge is -2.08. The third-order valence-electron chi connectivity index (χ3n) is 3.35. The fourth-order valence-electron chi connectivity index (χ4n) is 2.19. The second-order valence-electron chi connectivity index (χ2n) is 4.92. The Morgan fingerprint density at radius 3 is 2.55 bits per heavy atom. The van der Waals surface area contributed by atoms with Gasteiger partial charge in [0, 0.05) is 17.8 Å². The predicted octanol–water partition coefficient (Wildman–Crippen LogP) is 3.56. The van der Waals surface area contributed by atoms with Crippen LogP contribution < -0.4 is 5.73 Å². The quantitative estimate of drug-likeness (QED) is 0.785. The Labute approximate surface area is 118 Å². The van der Waals surface area contributed by atoms with E-state index in [1.807, 2.05) is 60.4 Å². The molecule has 1 heterocycles. The van der Waals surface area contributed by atoms with Gasteiger partial charge in [-0.3, -0.25) is 0 Å². The number of nitrogens with two attached hydrogens (primary N) is 1. The summed E-state index contributed by atoms with van der Waals surface area (Å²) in [5.41, 5.74) is 10.3. The Balaban J connectivity index is 1.96. The molecule has 100 valence electrons. The Hall–Kier alpha value is -2.39. The number of nitrogens with zero attached hydrogens (tertiary/aromatic N) is 2. The van der Waals surface area contributed by atoms with Crippen molar-refractivity contribution in [3.8, 4) is 16.8 Å². The first-order valence-electron chi connectivity index (χ1n) is 6.70. The van der Waals surface area contributed by atoms with Crippen LogP contribution in [-0.2, 0) is 0 Å². The minimum atomic E-state index is 0.0269. The zero-order valence-corrected chi connectivity index (χ0v) is 11.4. The molecule has 0 radical (unpaired) electrons. The molecule has 1 atom stereocenters. The summed E-state index contributed by atoms with van der Waals surface area (Å²) < 4.78 is 1.88. The molecule has 20 heavy (non-hydrogen) atoms. The van der Waals surface area contributed by atoms with Crippen molar-refractivity contribution in [1.29, 1.82) is 0 Å². The van der Waals surface area contributed by atoms with Gasteiger partial charge >= 0.3 is 0 Å². The lowest BCUT2D eigenvalue weighted by molar-refractivity contribution is 0.809. The molecule has 0 spiro atoms. The third kappa shape index (κ3) is 2.49. The molecule has 0 aliphatic rings. The van der Waals surface area contributed by atoms with Crippen LogP contribution in [0.25, 0.3) is 16.8 Å². The average molecular weight is 263 g/mol. The van der Waals surface area contributed by atoms with E-state index >= 15 is 0 Å². The summed E-state index contributed by atoms with van der Waals surface area (Å²) in [4.78, 5) is 0. The van der Waals surface area contributed by atoms with Crippen LogP contribution in [0.5, 0.6) is 0 Å². The van der Waals surface area contributed by atoms with Crippen LogP contribution >= 0.6 is 0 Å². The van der Waals surface area contributed by atoms with Crippen molar-refractivity contribution in [3.63, 3.8) is 0 Å². The van der Waals surface area contributed by atoms with E-state index < -0.39 is 0 Å². The fraction of sp³-hybridized carbons (Fsp3) is 0.118. The van der Waals surface area contributed by atoms with Crippen LogP contribution in [0.15, 0.2) is 67.0 Å². The number of rotatable bonds is 3. The molecular weight excluding hydrogens is 246 g/mol. The van der Waals surface area contributed by atoms with Crippen molar-refractivity contribution < 1.29 is 0 Å². The highest BCUT2D eigenvalue weighted by atomic mass is 15.3. The maximum Gasteiger partial charge on any atom is 0.0649 e. The summed E-state index contributed by atoms with van der Waals surface area (Å²) in [6.07, 6.45) is 3.92. The smallest absolute Gasteiger partial charge is 0.0649 e. The third-order valence-corrected chi connectivity index (χ3v) is 3.35. The van der Waals surface area contributed by atoms with Crippen LogP contribution in [0.3, 0.4) is 0 Å². The molecule has 0 amide bonds. The molecule has 0 aliphatic carbocycles. The highest BCUT2D eigenvalue weighted by molar-refractivity contribution is 5.62. The SMILES string of the molecule is CC(N)c1cccc(-n2cc(-c3ccccc3)cn2)c1. The fourth-order valence-corrected chi connectivity index (χ4v) is 2.19. The Morgan fingerprint density at radius 1 is 1.00 bits per heavy atom. The van der Waals surface area contributed by atoms with Crippen LogP contribution in [0, 0.1) is 0 Å². The number of hydrogen-bond acceptors (Lipinski definition) is 2. The first kappa shape index (κ1) is 12.6. The molecule has 3 heteroatoms. The van der Waals surface area contributed by atoms with Crippen LogP contribution in [0.1, 0.15) is 18.5 Å². The molecule has 0 fully saturated rings. The van der Waals surface area contributed by atoms with Crippen LogP contribution in [0.2, 0.25) is 0 Å². The summed E-state index contributed by atoms with van der Waals surface area (Å²) in [5, 5.41) is 4.44. The van der Waals surface area contributed by atoms with Gasteiger partial charge in [0.1, 0.15) is 0 Å². The van der Waals surface area contributed by atoms with E-state index in [4.69, 9.17) is 5.73 Å². The molecular formula is C17H17N3. The van der Waals surface area contributed by atoms with Crippen molar-refractivity contribution in [3.05, 3.63) is 72.6 Å². The number of aromatic nitrogens is 2. The minimum absolute atomic E-state index is 0.0269. The summed E-state index contributed by atoms with van der Waals surface area (Å²) in [7, 11) is 0. The molecule has 3 rings (SSSR count). The van der Waals surface area contributed by atoms with E-state index in [0.29, 0.717) is 0 Å². The molecule has 0 aliphatic heterocycles. The van der Waals surface area contributed by atoms with Crippen molar-refractivity contribution in [2.75, 3.05) is 0 Å². The standard InChI is InChI=1S/C17H17N3/c1-13(18)15-8-5-9-17(10-15)20-12-16(11-19-20)14-6-3-2-4-7-14/h2-13H,18H2,1H3. The van der Waals surface area contributed by atoms with Crippen molar-refractivity contribution in [2.45, 2.75) is 13.0 Å². The molecule has 3 aromatic rings. The molecule has 0 bridgehead atoms. The highest BCUT2D eigenvalue weighted by Gasteiger charge is 2.05. The van der Waals surface area contributed by atoms with E-state index in [0.717, 1.165) is 16.8 Å². The lowest BCUT2D eigenvalue weighted by Crippen LogP contribution is -2.05. The molecule has 2 aromatic carbocycles. The van der Waals surface area contributed by atoms with Gasteiger partial charge in [-0.2, -0.15) is 5.10 Å². The summed E-state index contributed by atoms with van der Waals surface area (Å²) >= 11 is 0. The van der Waals surface area contributed by atoms with E-state index in [-0.39, 0.29) is 6.04 Å². The summed E-state index contributed by atoms with van der Waals surface area (Å²) in [6.45, 7) is 1.98. The molecule has 1 aromatic heterocycles. The van der Waals surface area contributed by atoms with Crippen LogP contribution in [-0.4, -0.2) is 9.78 Å². The van der Waals surface area contributed by atoms with Gasteiger partial charge in [-0.05, 0) is 30.2 Å². The molecule has 3 nitrogen and oxygen atoms in total. The first-order chi connectivity index (χ1) is 9.74. The lowest BCUT2D eigenvalue weighted by atomic mass is 10.1. The maximum atomic E-state index is 5.93. The van der Waals surface area contributed by atoms with Gasteiger partial charge in [-0.15, -0.1) is 0 Å². The zero-order chi connectivity index (χ0) is 13.9. The second-order valence-corrected chi connectivity index (χ2v) is 4.92. The Kier molecular flexibility index (Phi) is 3.35. The van der Waals surface area contributed by atoms with Crippen molar-refractivity contribution in [1.82, 2.24) is 9.78 Å². The maximum absolute atomic E-state index is 5.93. The van der Waals surface area contributed by atoms with E-state index in [1.165, 1.54) is 5.56 Å². The monoisotopic (exact) mass is 263 g/mol. The zero-order valence-electron chi connectivity index (χ0n) is 11.4.